The highest BCUT2D eigenvalue weighted by atomic mass is 32.1. The minimum absolute atomic E-state index is 0.153. The number of rotatable bonds is 4. The number of thiophene rings is 1. The Labute approximate surface area is 184 Å². The number of nitrogens with zero attached hydrogens (tertiary/aromatic N) is 5. The SMILES string of the molecule is C[C@@H](OC(=O)C(F)(F)F)c1nc2cnc3ccsc3c2n1[C@H]1CCCN(C(=O)CC#N)C1. The zero-order chi connectivity index (χ0) is 23.0. The van der Waals surface area contributed by atoms with Gasteiger partial charge < -0.3 is 14.2 Å². The van der Waals surface area contributed by atoms with Gasteiger partial charge in [-0.1, -0.05) is 0 Å². The summed E-state index contributed by atoms with van der Waals surface area (Å²) < 4.78 is 45.6. The lowest BCUT2D eigenvalue weighted by Crippen LogP contribution is -2.41. The highest BCUT2D eigenvalue weighted by molar-refractivity contribution is 7.18. The Morgan fingerprint density at radius 1 is 1.41 bits per heavy atom. The van der Waals surface area contributed by atoms with Gasteiger partial charge in [0.15, 0.2) is 11.9 Å². The van der Waals surface area contributed by atoms with Gasteiger partial charge in [0.05, 0.1) is 34.0 Å². The maximum absolute atomic E-state index is 12.8. The minimum atomic E-state index is -5.13. The largest absolute Gasteiger partial charge is 0.490 e. The van der Waals surface area contributed by atoms with Gasteiger partial charge in [0, 0.05) is 13.1 Å². The first-order valence-corrected chi connectivity index (χ1v) is 10.7. The number of nitriles is 1. The van der Waals surface area contributed by atoms with Crippen LogP contribution in [0.2, 0.25) is 0 Å². The van der Waals surface area contributed by atoms with Crippen molar-refractivity contribution in [3.8, 4) is 6.07 Å². The average Bonchev–Trinajstić information content (AvgIpc) is 3.37. The number of hydrogen-bond donors (Lipinski definition) is 0. The number of carbonyl (C=O) groups is 2. The lowest BCUT2D eigenvalue weighted by atomic mass is 10.0. The van der Waals surface area contributed by atoms with E-state index in [0.29, 0.717) is 35.9 Å². The van der Waals surface area contributed by atoms with Crippen LogP contribution in [0.5, 0.6) is 0 Å². The number of likely N-dealkylation sites (tertiary alicyclic amines) is 1. The molecule has 1 aliphatic heterocycles. The maximum atomic E-state index is 12.8. The topological polar surface area (TPSA) is 101 Å². The first kappa shape index (κ1) is 22.0. The molecule has 3 aromatic rings. The van der Waals surface area contributed by atoms with Gasteiger partial charge in [0.25, 0.3) is 0 Å². The molecule has 4 heterocycles. The number of pyridine rings is 1. The molecule has 4 rings (SSSR count). The van der Waals surface area contributed by atoms with Crippen LogP contribution in [0.25, 0.3) is 21.3 Å². The highest BCUT2D eigenvalue weighted by Gasteiger charge is 2.43. The van der Waals surface area contributed by atoms with Crippen molar-refractivity contribution in [2.45, 2.75) is 44.5 Å². The number of aromatic nitrogens is 3. The molecule has 32 heavy (non-hydrogen) atoms. The van der Waals surface area contributed by atoms with Crippen LogP contribution >= 0.6 is 11.3 Å². The van der Waals surface area contributed by atoms with Crippen molar-refractivity contribution in [2.24, 2.45) is 0 Å². The molecule has 0 unspecified atom stereocenters. The molecular formula is C20H18F3N5O3S. The third kappa shape index (κ3) is 4.00. The Kier molecular flexibility index (Phi) is 5.77. The molecule has 8 nitrogen and oxygen atoms in total. The number of piperidine rings is 1. The van der Waals surface area contributed by atoms with E-state index in [0.717, 1.165) is 4.70 Å². The molecule has 0 aromatic carbocycles. The van der Waals surface area contributed by atoms with Crippen molar-refractivity contribution in [3.05, 3.63) is 23.5 Å². The zero-order valence-corrected chi connectivity index (χ0v) is 17.7. The summed E-state index contributed by atoms with van der Waals surface area (Å²) in [6, 6.07) is 3.36. The number of amides is 1. The summed E-state index contributed by atoms with van der Waals surface area (Å²) in [5.74, 6) is -2.44. The molecule has 0 bridgehead atoms. The van der Waals surface area contributed by atoms with Crippen LogP contribution in [-0.2, 0) is 14.3 Å². The first-order chi connectivity index (χ1) is 15.2. The van der Waals surface area contributed by atoms with Gasteiger partial charge in [-0.05, 0) is 31.2 Å². The summed E-state index contributed by atoms with van der Waals surface area (Å²) in [6.07, 6.45) is -3.83. The van der Waals surface area contributed by atoms with E-state index in [2.05, 4.69) is 14.7 Å². The van der Waals surface area contributed by atoms with Gasteiger partial charge in [-0.25, -0.2) is 9.78 Å². The van der Waals surface area contributed by atoms with Crippen LogP contribution in [0.15, 0.2) is 17.6 Å². The summed E-state index contributed by atoms with van der Waals surface area (Å²) in [4.78, 5) is 34.1. The van der Waals surface area contributed by atoms with E-state index in [1.807, 2.05) is 17.5 Å². The fourth-order valence-corrected chi connectivity index (χ4v) is 4.89. The molecule has 3 aromatic heterocycles. The molecule has 0 N–H and O–H groups in total. The normalized spacial score (nSPS) is 18.0. The number of halogens is 3. The van der Waals surface area contributed by atoms with Gasteiger partial charge in [0.2, 0.25) is 5.91 Å². The van der Waals surface area contributed by atoms with Crippen molar-refractivity contribution in [2.75, 3.05) is 13.1 Å². The number of hydrogen-bond acceptors (Lipinski definition) is 7. The number of esters is 1. The summed E-state index contributed by atoms with van der Waals surface area (Å²) in [5, 5.41) is 10.7. The van der Waals surface area contributed by atoms with Crippen molar-refractivity contribution < 1.29 is 27.5 Å². The van der Waals surface area contributed by atoms with Gasteiger partial charge >= 0.3 is 12.1 Å². The number of imidazole rings is 1. The maximum Gasteiger partial charge on any atom is 0.490 e. The molecule has 1 amide bonds. The summed E-state index contributed by atoms with van der Waals surface area (Å²) in [6.45, 7) is 2.10. The standard InChI is InChI=1S/C20H18F3N5O3S/c1-11(31-19(30)20(21,22)23)18-26-14-9-25-13-5-8-32-17(13)16(14)28(18)12-3-2-7-27(10-12)15(29)4-6-24/h5,8-9,11-12H,2-4,7,10H2,1H3/t11-,12+/m1/s1. The van der Waals surface area contributed by atoms with Crippen LogP contribution in [0.4, 0.5) is 13.2 Å². The van der Waals surface area contributed by atoms with Crippen molar-refractivity contribution in [1.29, 1.82) is 5.26 Å². The Hall–Kier alpha value is -3.20. The Balaban J connectivity index is 1.81. The molecule has 1 fully saturated rings. The second-order valence-corrected chi connectivity index (χ2v) is 8.40. The van der Waals surface area contributed by atoms with E-state index < -0.39 is 18.2 Å². The van der Waals surface area contributed by atoms with Crippen molar-refractivity contribution >= 4 is 44.5 Å². The zero-order valence-electron chi connectivity index (χ0n) is 16.9. The van der Waals surface area contributed by atoms with Gasteiger partial charge in [-0.15, -0.1) is 11.3 Å². The molecule has 0 saturated carbocycles. The second kappa shape index (κ2) is 8.38. The van der Waals surface area contributed by atoms with Crippen molar-refractivity contribution in [3.63, 3.8) is 0 Å². The first-order valence-electron chi connectivity index (χ1n) is 9.87. The lowest BCUT2D eigenvalue weighted by molar-refractivity contribution is -0.205. The number of alkyl halides is 3. The molecule has 0 spiro atoms. The molecule has 2 atom stereocenters. The smallest absolute Gasteiger partial charge is 0.448 e. The van der Waals surface area contributed by atoms with E-state index in [1.54, 1.807) is 9.47 Å². The van der Waals surface area contributed by atoms with E-state index in [1.165, 1.54) is 24.5 Å². The number of ether oxygens (including phenoxy) is 1. The minimum Gasteiger partial charge on any atom is -0.448 e. The third-order valence-corrected chi connectivity index (χ3v) is 6.28. The Bertz CT molecular complexity index is 1230. The quantitative estimate of drug-likeness (QED) is 0.542. The van der Waals surface area contributed by atoms with E-state index >= 15 is 0 Å². The predicted molar refractivity (Wildman–Crippen MR) is 109 cm³/mol. The van der Waals surface area contributed by atoms with Gasteiger partial charge in [-0.2, -0.15) is 18.4 Å². The highest BCUT2D eigenvalue weighted by Crippen LogP contribution is 2.36. The molecule has 168 valence electrons. The van der Waals surface area contributed by atoms with Crippen LogP contribution in [-0.4, -0.2) is 50.6 Å². The molecule has 12 heteroatoms. The van der Waals surface area contributed by atoms with Gasteiger partial charge in [-0.3, -0.25) is 9.78 Å². The van der Waals surface area contributed by atoms with Crippen molar-refractivity contribution in [1.82, 2.24) is 19.4 Å². The Morgan fingerprint density at radius 2 is 2.19 bits per heavy atom. The second-order valence-electron chi connectivity index (χ2n) is 7.48. The van der Waals surface area contributed by atoms with Crippen LogP contribution in [0, 0.1) is 11.3 Å². The fraction of sp³-hybridized carbons (Fsp3) is 0.450. The van der Waals surface area contributed by atoms with E-state index in [4.69, 9.17) is 5.26 Å². The molecule has 1 saturated heterocycles. The average molecular weight is 465 g/mol. The molecule has 1 aliphatic rings. The Morgan fingerprint density at radius 3 is 2.91 bits per heavy atom. The summed E-state index contributed by atoms with van der Waals surface area (Å²) >= 11 is 1.42. The van der Waals surface area contributed by atoms with Crippen LogP contribution < -0.4 is 0 Å². The molecular weight excluding hydrogens is 447 g/mol. The monoisotopic (exact) mass is 465 g/mol. The third-order valence-electron chi connectivity index (χ3n) is 5.37. The van der Waals surface area contributed by atoms with E-state index in [9.17, 15) is 22.8 Å². The van der Waals surface area contributed by atoms with Crippen LogP contribution in [0.3, 0.4) is 0 Å². The van der Waals surface area contributed by atoms with Crippen LogP contribution in [0.1, 0.15) is 44.2 Å². The van der Waals surface area contributed by atoms with Gasteiger partial charge in [0.1, 0.15) is 11.9 Å². The molecule has 0 aliphatic carbocycles. The molecule has 0 radical (unpaired) electrons. The number of fused-ring (bicyclic) bond motifs is 3. The summed E-state index contributed by atoms with van der Waals surface area (Å²) in [7, 11) is 0. The fourth-order valence-electron chi connectivity index (χ4n) is 4.00. The number of carbonyl (C=O) groups excluding carboxylic acids is 2. The lowest BCUT2D eigenvalue weighted by Gasteiger charge is -2.34. The summed E-state index contributed by atoms with van der Waals surface area (Å²) in [5.41, 5.74) is 1.85. The van der Waals surface area contributed by atoms with E-state index in [-0.39, 0.29) is 30.7 Å². The predicted octanol–water partition coefficient (Wildman–Crippen LogP) is 3.89.